The van der Waals surface area contributed by atoms with Crippen LogP contribution in [0, 0.1) is 13.8 Å². The molecule has 140 valence electrons. The van der Waals surface area contributed by atoms with Crippen molar-refractivity contribution in [3.05, 3.63) is 23.4 Å². The molecule has 8 nitrogen and oxygen atoms in total. The van der Waals surface area contributed by atoms with Crippen molar-refractivity contribution in [3.63, 3.8) is 0 Å². The van der Waals surface area contributed by atoms with Crippen molar-refractivity contribution in [1.82, 2.24) is 29.9 Å². The van der Waals surface area contributed by atoms with E-state index in [0.29, 0.717) is 12.6 Å². The van der Waals surface area contributed by atoms with Crippen LogP contribution in [0.25, 0.3) is 0 Å². The fraction of sp³-hybridized carbons (Fsp3) is 0.667. The second-order valence-electron chi connectivity index (χ2n) is 7.55. The van der Waals surface area contributed by atoms with Crippen LogP contribution in [0.1, 0.15) is 67.8 Å². The second kappa shape index (κ2) is 7.09. The summed E-state index contributed by atoms with van der Waals surface area (Å²) in [6.07, 6.45) is 6.73. The van der Waals surface area contributed by atoms with Gasteiger partial charge in [-0.15, -0.1) is 0 Å². The lowest BCUT2D eigenvalue weighted by molar-refractivity contribution is 0.191. The summed E-state index contributed by atoms with van der Waals surface area (Å²) in [5.41, 5.74) is 0.944. The minimum Gasteiger partial charge on any atom is -0.324 e. The minimum absolute atomic E-state index is 0.0545. The van der Waals surface area contributed by atoms with Crippen molar-refractivity contribution in [2.45, 2.75) is 64.3 Å². The molecule has 1 unspecified atom stereocenters. The van der Waals surface area contributed by atoms with Crippen LogP contribution in [0.4, 0.5) is 10.6 Å². The molecule has 1 saturated carbocycles. The molecule has 26 heavy (non-hydrogen) atoms. The summed E-state index contributed by atoms with van der Waals surface area (Å²) in [5, 5.41) is 14.9. The van der Waals surface area contributed by atoms with Crippen LogP contribution in [-0.2, 0) is 0 Å². The number of nitrogens with zero attached hydrogens (tertiary/aromatic N) is 5. The highest BCUT2D eigenvalue weighted by Crippen LogP contribution is 2.32. The maximum Gasteiger partial charge on any atom is 0.323 e. The number of hydrogen-bond acceptors (Lipinski definition) is 4. The van der Waals surface area contributed by atoms with E-state index < -0.39 is 0 Å². The average Bonchev–Trinajstić information content (AvgIpc) is 3.36. The molecular formula is C18H27N7O. The molecule has 8 heteroatoms. The normalized spacial score (nSPS) is 21.3. The Morgan fingerprint density at radius 3 is 2.77 bits per heavy atom. The van der Waals surface area contributed by atoms with Crippen molar-refractivity contribution in [1.29, 1.82) is 0 Å². The highest BCUT2D eigenvalue weighted by Gasteiger charge is 2.28. The summed E-state index contributed by atoms with van der Waals surface area (Å²) >= 11 is 0. The Bertz CT molecular complexity index is 774. The lowest BCUT2D eigenvalue weighted by Gasteiger charge is -2.31. The number of amides is 2. The van der Waals surface area contributed by atoms with Crippen LogP contribution >= 0.6 is 0 Å². The van der Waals surface area contributed by atoms with Gasteiger partial charge in [0.15, 0.2) is 5.82 Å². The molecule has 1 atom stereocenters. The standard InChI is InChI=1S/C18H27N7O/c1-12-10-16(25(23-12)15-7-3-4-8-15)20-18(26)24-9-5-6-14(11-24)17-19-13(2)21-22-17/h10,14-15H,3-9,11H2,1-2H3,(H,20,26)(H,19,21,22). The van der Waals surface area contributed by atoms with Gasteiger partial charge in [-0.25, -0.2) is 14.5 Å². The molecule has 1 aliphatic carbocycles. The maximum absolute atomic E-state index is 12.9. The van der Waals surface area contributed by atoms with Gasteiger partial charge in [-0.2, -0.15) is 10.2 Å². The van der Waals surface area contributed by atoms with Crippen molar-refractivity contribution in [3.8, 4) is 0 Å². The van der Waals surface area contributed by atoms with E-state index in [4.69, 9.17) is 0 Å². The van der Waals surface area contributed by atoms with Crippen LogP contribution in [0.5, 0.6) is 0 Å². The van der Waals surface area contributed by atoms with Crippen LogP contribution in [0.3, 0.4) is 0 Å². The predicted octanol–water partition coefficient (Wildman–Crippen LogP) is 3.14. The van der Waals surface area contributed by atoms with E-state index in [0.717, 1.165) is 55.4 Å². The van der Waals surface area contributed by atoms with Gasteiger partial charge in [-0.1, -0.05) is 12.8 Å². The average molecular weight is 357 g/mol. The molecule has 1 saturated heterocycles. The number of aromatic amines is 1. The summed E-state index contributed by atoms with van der Waals surface area (Å²) < 4.78 is 2.01. The molecule has 0 radical (unpaired) electrons. The van der Waals surface area contributed by atoms with Crippen LogP contribution in [0.2, 0.25) is 0 Å². The van der Waals surface area contributed by atoms with Gasteiger partial charge in [0.1, 0.15) is 11.6 Å². The number of carbonyl (C=O) groups excluding carboxylic acids is 1. The first-order chi connectivity index (χ1) is 12.6. The first kappa shape index (κ1) is 17.1. The van der Waals surface area contributed by atoms with E-state index in [1.807, 2.05) is 29.5 Å². The lowest BCUT2D eigenvalue weighted by Crippen LogP contribution is -2.42. The largest absolute Gasteiger partial charge is 0.324 e. The van der Waals surface area contributed by atoms with Gasteiger partial charge in [0.2, 0.25) is 0 Å². The van der Waals surface area contributed by atoms with Gasteiger partial charge < -0.3 is 4.90 Å². The monoisotopic (exact) mass is 357 g/mol. The molecule has 2 amide bonds. The van der Waals surface area contributed by atoms with Gasteiger partial charge in [0.25, 0.3) is 0 Å². The third kappa shape index (κ3) is 3.45. The molecule has 3 heterocycles. The SMILES string of the molecule is Cc1cc(NC(=O)N2CCCC(c3n[nH]c(C)n3)C2)n(C2CCCC2)n1. The number of hydrogen-bond donors (Lipinski definition) is 2. The van der Waals surface area contributed by atoms with E-state index in [-0.39, 0.29) is 11.9 Å². The summed E-state index contributed by atoms with van der Waals surface area (Å²) in [6, 6.07) is 2.32. The zero-order valence-corrected chi connectivity index (χ0v) is 15.5. The quantitative estimate of drug-likeness (QED) is 0.883. The molecule has 2 fully saturated rings. The fourth-order valence-corrected chi connectivity index (χ4v) is 4.14. The number of piperidine rings is 1. The van der Waals surface area contributed by atoms with E-state index >= 15 is 0 Å². The zero-order valence-electron chi connectivity index (χ0n) is 15.5. The van der Waals surface area contributed by atoms with E-state index in [2.05, 4.69) is 25.6 Å². The number of carbonyl (C=O) groups is 1. The number of H-pyrrole nitrogens is 1. The minimum atomic E-state index is -0.0545. The van der Waals surface area contributed by atoms with Crippen molar-refractivity contribution in [2.75, 3.05) is 18.4 Å². The molecule has 2 aromatic heterocycles. The zero-order chi connectivity index (χ0) is 18.1. The maximum atomic E-state index is 12.9. The third-order valence-electron chi connectivity index (χ3n) is 5.45. The van der Waals surface area contributed by atoms with Gasteiger partial charge in [0.05, 0.1) is 11.7 Å². The topological polar surface area (TPSA) is 91.7 Å². The van der Waals surface area contributed by atoms with Gasteiger partial charge in [0, 0.05) is 25.1 Å². The number of likely N-dealkylation sites (tertiary alicyclic amines) is 1. The molecule has 0 aromatic carbocycles. The number of aromatic nitrogens is 5. The van der Waals surface area contributed by atoms with Crippen LogP contribution < -0.4 is 5.32 Å². The number of urea groups is 1. The Kier molecular flexibility index (Phi) is 4.65. The summed E-state index contributed by atoms with van der Waals surface area (Å²) in [4.78, 5) is 19.2. The number of anilines is 1. The van der Waals surface area contributed by atoms with Gasteiger partial charge in [-0.3, -0.25) is 10.4 Å². The number of aryl methyl sites for hydroxylation is 2. The first-order valence-electron chi connectivity index (χ1n) is 9.61. The molecular weight excluding hydrogens is 330 g/mol. The highest BCUT2D eigenvalue weighted by molar-refractivity contribution is 5.88. The smallest absolute Gasteiger partial charge is 0.323 e. The van der Waals surface area contributed by atoms with Crippen molar-refractivity contribution < 1.29 is 4.79 Å². The predicted molar refractivity (Wildman–Crippen MR) is 98.2 cm³/mol. The number of nitrogens with one attached hydrogen (secondary N) is 2. The number of rotatable bonds is 3. The van der Waals surface area contributed by atoms with Gasteiger partial charge >= 0.3 is 6.03 Å². The Balaban J connectivity index is 1.44. The Morgan fingerprint density at radius 2 is 2.04 bits per heavy atom. The summed E-state index contributed by atoms with van der Waals surface area (Å²) in [5.74, 6) is 2.64. The third-order valence-corrected chi connectivity index (χ3v) is 5.45. The molecule has 0 spiro atoms. The fourth-order valence-electron chi connectivity index (χ4n) is 4.14. The van der Waals surface area contributed by atoms with Crippen molar-refractivity contribution >= 4 is 11.8 Å². The summed E-state index contributed by atoms with van der Waals surface area (Å²) in [7, 11) is 0. The van der Waals surface area contributed by atoms with E-state index in [1.54, 1.807) is 0 Å². The molecule has 2 aliphatic rings. The second-order valence-corrected chi connectivity index (χ2v) is 7.55. The molecule has 2 N–H and O–H groups in total. The first-order valence-corrected chi connectivity index (χ1v) is 9.61. The van der Waals surface area contributed by atoms with Crippen LogP contribution in [-0.4, -0.2) is 49.0 Å². The molecule has 1 aliphatic heterocycles. The van der Waals surface area contributed by atoms with Gasteiger partial charge in [-0.05, 0) is 39.5 Å². The highest BCUT2D eigenvalue weighted by atomic mass is 16.2. The Morgan fingerprint density at radius 1 is 1.23 bits per heavy atom. The Hall–Kier alpha value is -2.38. The Labute approximate surface area is 153 Å². The van der Waals surface area contributed by atoms with E-state index in [9.17, 15) is 4.79 Å². The molecule has 4 rings (SSSR count). The lowest BCUT2D eigenvalue weighted by atomic mass is 9.98. The molecule has 2 aromatic rings. The summed E-state index contributed by atoms with van der Waals surface area (Å²) in [6.45, 7) is 5.29. The van der Waals surface area contributed by atoms with Crippen LogP contribution in [0.15, 0.2) is 6.07 Å². The van der Waals surface area contributed by atoms with E-state index in [1.165, 1.54) is 12.8 Å². The molecule has 0 bridgehead atoms. The van der Waals surface area contributed by atoms with Crippen molar-refractivity contribution in [2.24, 2.45) is 0 Å².